The van der Waals surface area contributed by atoms with Crippen molar-refractivity contribution in [1.82, 2.24) is 25.4 Å². The van der Waals surface area contributed by atoms with E-state index in [4.69, 9.17) is 0 Å². The molecule has 1 aliphatic rings. The van der Waals surface area contributed by atoms with Crippen LogP contribution in [0.25, 0.3) is 0 Å². The SMILES string of the molecule is CCCCC(CC)CNC(=NC)NCc1nnc2n1CCCCC2. The van der Waals surface area contributed by atoms with Gasteiger partial charge >= 0.3 is 0 Å². The van der Waals surface area contributed by atoms with Crippen molar-refractivity contribution in [3.63, 3.8) is 0 Å². The van der Waals surface area contributed by atoms with Crippen LogP contribution in [-0.2, 0) is 19.5 Å². The molecule has 6 heteroatoms. The summed E-state index contributed by atoms with van der Waals surface area (Å²) in [5.74, 6) is 3.73. The standard InChI is InChI=1S/C18H34N6/c1-4-6-10-15(5-2)13-20-18(19-3)21-14-17-23-22-16-11-8-7-9-12-24(16)17/h15H,4-14H2,1-3H3,(H2,19,20,21). The van der Waals surface area contributed by atoms with Crippen LogP contribution in [0.3, 0.4) is 0 Å². The van der Waals surface area contributed by atoms with Crippen LogP contribution in [-0.4, -0.2) is 34.3 Å². The van der Waals surface area contributed by atoms with Crippen LogP contribution in [0.5, 0.6) is 0 Å². The maximum absolute atomic E-state index is 4.37. The molecule has 0 bridgehead atoms. The fourth-order valence-corrected chi connectivity index (χ4v) is 3.24. The van der Waals surface area contributed by atoms with Gasteiger partial charge in [0.25, 0.3) is 0 Å². The number of fused-ring (bicyclic) bond motifs is 1. The maximum atomic E-state index is 4.37. The summed E-state index contributed by atoms with van der Waals surface area (Å²) in [6.07, 6.45) is 9.85. The third kappa shape index (κ3) is 5.49. The van der Waals surface area contributed by atoms with Gasteiger partial charge < -0.3 is 15.2 Å². The minimum absolute atomic E-state index is 0.679. The zero-order valence-corrected chi connectivity index (χ0v) is 15.6. The van der Waals surface area contributed by atoms with Crippen LogP contribution in [0.15, 0.2) is 4.99 Å². The van der Waals surface area contributed by atoms with Crippen LogP contribution < -0.4 is 10.6 Å². The molecule has 1 aliphatic heterocycles. The molecule has 1 aromatic heterocycles. The summed E-state index contributed by atoms with van der Waals surface area (Å²) < 4.78 is 2.28. The lowest BCUT2D eigenvalue weighted by Crippen LogP contribution is -2.39. The number of aryl methyl sites for hydroxylation is 1. The van der Waals surface area contributed by atoms with Crippen molar-refractivity contribution in [1.29, 1.82) is 0 Å². The minimum atomic E-state index is 0.679. The molecule has 6 nitrogen and oxygen atoms in total. The first-order chi connectivity index (χ1) is 11.8. The van der Waals surface area contributed by atoms with Crippen molar-refractivity contribution in [3.8, 4) is 0 Å². The molecule has 2 N–H and O–H groups in total. The van der Waals surface area contributed by atoms with E-state index in [-0.39, 0.29) is 0 Å². The lowest BCUT2D eigenvalue weighted by atomic mass is 9.99. The highest BCUT2D eigenvalue weighted by Gasteiger charge is 2.15. The third-order valence-electron chi connectivity index (χ3n) is 4.93. The summed E-state index contributed by atoms with van der Waals surface area (Å²) in [4.78, 5) is 4.34. The van der Waals surface area contributed by atoms with Crippen LogP contribution in [0.2, 0.25) is 0 Å². The van der Waals surface area contributed by atoms with Crippen molar-refractivity contribution in [3.05, 3.63) is 11.6 Å². The van der Waals surface area contributed by atoms with E-state index in [1.165, 1.54) is 44.9 Å². The normalized spacial score (nSPS) is 16.4. The molecule has 0 aromatic carbocycles. The highest BCUT2D eigenvalue weighted by Crippen LogP contribution is 2.14. The number of hydrogen-bond donors (Lipinski definition) is 2. The number of rotatable bonds is 8. The molecule has 2 rings (SSSR count). The number of aliphatic imine (C=N–C) groups is 1. The molecular weight excluding hydrogens is 300 g/mol. The lowest BCUT2D eigenvalue weighted by Gasteiger charge is -2.18. The Hall–Kier alpha value is -1.59. The van der Waals surface area contributed by atoms with E-state index in [0.29, 0.717) is 12.5 Å². The summed E-state index contributed by atoms with van der Waals surface area (Å²) in [6, 6.07) is 0. The van der Waals surface area contributed by atoms with Crippen LogP contribution in [0, 0.1) is 5.92 Å². The maximum Gasteiger partial charge on any atom is 0.191 e. The number of nitrogens with zero attached hydrogens (tertiary/aromatic N) is 4. The minimum Gasteiger partial charge on any atom is -0.356 e. The van der Waals surface area contributed by atoms with Crippen molar-refractivity contribution in [2.24, 2.45) is 10.9 Å². The molecule has 0 amide bonds. The molecule has 2 heterocycles. The number of unbranched alkanes of at least 4 members (excludes halogenated alkanes) is 1. The summed E-state index contributed by atoms with van der Waals surface area (Å²) >= 11 is 0. The summed E-state index contributed by atoms with van der Waals surface area (Å²) in [7, 11) is 1.83. The van der Waals surface area contributed by atoms with E-state index in [1.54, 1.807) is 0 Å². The fraction of sp³-hybridized carbons (Fsp3) is 0.833. The van der Waals surface area contributed by atoms with Gasteiger partial charge in [-0.25, -0.2) is 0 Å². The van der Waals surface area contributed by atoms with E-state index in [1.807, 2.05) is 7.05 Å². The Labute approximate surface area is 146 Å². The second kappa shape index (κ2) is 10.3. The molecule has 0 saturated heterocycles. The smallest absolute Gasteiger partial charge is 0.191 e. The van der Waals surface area contributed by atoms with Gasteiger partial charge in [-0.1, -0.05) is 39.5 Å². The van der Waals surface area contributed by atoms with Gasteiger partial charge in [0.15, 0.2) is 11.8 Å². The van der Waals surface area contributed by atoms with E-state index in [2.05, 4.69) is 44.2 Å². The highest BCUT2D eigenvalue weighted by atomic mass is 15.3. The number of guanidine groups is 1. The summed E-state index contributed by atoms with van der Waals surface area (Å²) in [6.45, 7) is 7.22. The molecule has 0 saturated carbocycles. The monoisotopic (exact) mass is 334 g/mol. The average molecular weight is 335 g/mol. The molecule has 136 valence electrons. The Morgan fingerprint density at radius 3 is 2.83 bits per heavy atom. The van der Waals surface area contributed by atoms with E-state index in [0.717, 1.165) is 37.1 Å². The molecule has 1 aromatic rings. The van der Waals surface area contributed by atoms with Crippen molar-refractivity contribution < 1.29 is 0 Å². The van der Waals surface area contributed by atoms with Crippen molar-refractivity contribution in [2.75, 3.05) is 13.6 Å². The van der Waals surface area contributed by atoms with Crippen LogP contribution in [0.4, 0.5) is 0 Å². The number of nitrogens with one attached hydrogen (secondary N) is 2. The molecule has 0 spiro atoms. The number of hydrogen-bond acceptors (Lipinski definition) is 3. The predicted molar refractivity (Wildman–Crippen MR) is 99.1 cm³/mol. The lowest BCUT2D eigenvalue weighted by molar-refractivity contribution is 0.443. The van der Waals surface area contributed by atoms with E-state index in [9.17, 15) is 0 Å². The van der Waals surface area contributed by atoms with Gasteiger partial charge in [0.05, 0.1) is 6.54 Å². The molecule has 1 atom stereocenters. The quantitative estimate of drug-likeness (QED) is 0.567. The van der Waals surface area contributed by atoms with Gasteiger partial charge in [-0.3, -0.25) is 4.99 Å². The number of aromatic nitrogens is 3. The topological polar surface area (TPSA) is 67.1 Å². The van der Waals surface area contributed by atoms with Gasteiger partial charge in [0.2, 0.25) is 0 Å². The van der Waals surface area contributed by atoms with Gasteiger partial charge in [0.1, 0.15) is 5.82 Å². The third-order valence-corrected chi connectivity index (χ3v) is 4.93. The summed E-state index contributed by atoms with van der Waals surface area (Å²) in [5.41, 5.74) is 0. The molecule has 0 fully saturated rings. The first kappa shape index (κ1) is 18.7. The van der Waals surface area contributed by atoms with Gasteiger partial charge in [-0.05, 0) is 25.2 Å². The van der Waals surface area contributed by atoms with E-state index >= 15 is 0 Å². The highest BCUT2D eigenvalue weighted by molar-refractivity contribution is 5.79. The predicted octanol–water partition coefficient (Wildman–Crippen LogP) is 2.89. The molecule has 1 unspecified atom stereocenters. The van der Waals surface area contributed by atoms with Gasteiger partial charge in [-0.2, -0.15) is 0 Å². The van der Waals surface area contributed by atoms with Gasteiger partial charge in [0, 0.05) is 26.6 Å². The molecule has 0 aliphatic carbocycles. The first-order valence-electron chi connectivity index (χ1n) is 9.63. The Morgan fingerprint density at radius 1 is 1.21 bits per heavy atom. The first-order valence-corrected chi connectivity index (χ1v) is 9.63. The molecular formula is C18H34N6. The van der Waals surface area contributed by atoms with Gasteiger partial charge in [-0.15, -0.1) is 10.2 Å². The van der Waals surface area contributed by atoms with Crippen molar-refractivity contribution >= 4 is 5.96 Å². The second-order valence-electron chi connectivity index (χ2n) is 6.72. The summed E-state index contributed by atoms with van der Waals surface area (Å²) in [5, 5.41) is 15.6. The average Bonchev–Trinajstić information content (AvgIpc) is 2.84. The zero-order chi connectivity index (χ0) is 17.2. The van der Waals surface area contributed by atoms with E-state index < -0.39 is 0 Å². The Kier molecular flexibility index (Phi) is 8.05. The Morgan fingerprint density at radius 2 is 2.08 bits per heavy atom. The molecule has 0 radical (unpaired) electrons. The Balaban J connectivity index is 1.82. The van der Waals surface area contributed by atoms with Crippen LogP contribution >= 0.6 is 0 Å². The Bertz CT molecular complexity index is 508. The fourth-order valence-electron chi connectivity index (χ4n) is 3.24. The largest absolute Gasteiger partial charge is 0.356 e. The second-order valence-corrected chi connectivity index (χ2v) is 6.72. The van der Waals surface area contributed by atoms with Crippen molar-refractivity contribution in [2.45, 2.75) is 78.3 Å². The molecule has 24 heavy (non-hydrogen) atoms. The zero-order valence-electron chi connectivity index (χ0n) is 15.6. The van der Waals surface area contributed by atoms with Crippen LogP contribution in [0.1, 0.15) is 70.4 Å².